The average Bonchev–Trinajstić information content (AvgIpc) is 2.88. The van der Waals surface area contributed by atoms with Crippen LogP contribution in [0.5, 0.6) is 5.75 Å². The summed E-state index contributed by atoms with van der Waals surface area (Å²) >= 11 is 0. The lowest BCUT2D eigenvalue weighted by molar-refractivity contribution is -0.137. The first-order valence-corrected chi connectivity index (χ1v) is 9.81. The highest BCUT2D eigenvalue weighted by Crippen LogP contribution is 2.37. The molecule has 1 aliphatic rings. The van der Waals surface area contributed by atoms with Crippen molar-refractivity contribution in [3.05, 3.63) is 47.7 Å². The molecule has 0 aliphatic carbocycles. The monoisotopic (exact) mass is 436 g/mol. The Hall–Kier alpha value is -2.59. The molecule has 1 aromatic heterocycles. The number of alkyl halides is 3. The van der Waals surface area contributed by atoms with E-state index in [4.69, 9.17) is 14.0 Å². The Morgan fingerprint density at radius 3 is 2.35 bits per heavy atom. The van der Waals surface area contributed by atoms with Gasteiger partial charge in [-0.2, -0.15) is 13.2 Å². The number of hydrogen-bond donors (Lipinski definition) is 1. The molecule has 0 atom stereocenters. The lowest BCUT2D eigenvalue weighted by atomic mass is 9.78. The molecule has 2 heterocycles. The summed E-state index contributed by atoms with van der Waals surface area (Å²) in [7, 11) is -0.686. The third-order valence-corrected chi connectivity index (χ3v) is 5.41. The van der Waals surface area contributed by atoms with Gasteiger partial charge in [0.1, 0.15) is 11.6 Å². The van der Waals surface area contributed by atoms with E-state index in [1.807, 2.05) is 27.7 Å². The highest BCUT2D eigenvalue weighted by atomic mass is 19.4. The molecular formula is C21H24BF3N2O4. The SMILES string of the molecule is CCOc1cc(C(=O)Nc2cc(C(F)(F)F)ccn2)ccc1B1OC(C)(C)C(C)(C)O1. The van der Waals surface area contributed by atoms with Gasteiger partial charge >= 0.3 is 13.3 Å². The summed E-state index contributed by atoms with van der Waals surface area (Å²) in [6.45, 7) is 9.85. The van der Waals surface area contributed by atoms with E-state index in [2.05, 4.69) is 10.3 Å². The van der Waals surface area contributed by atoms with Gasteiger partial charge in [0.25, 0.3) is 5.91 Å². The molecule has 1 amide bonds. The highest BCUT2D eigenvalue weighted by Gasteiger charge is 2.52. The van der Waals surface area contributed by atoms with Gasteiger partial charge in [-0.3, -0.25) is 4.79 Å². The van der Waals surface area contributed by atoms with Gasteiger partial charge < -0.3 is 19.4 Å². The number of aromatic nitrogens is 1. The number of benzene rings is 1. The number of carbonyl (C=O) groups excluding carboxylic acids is 1. The Morgan fingerprint density at radius 2 is 1.77 bits per heavy atom. The second kappa shape index (κ2) is 8.16. The Kier molecular flexibility index (Phi) is 6.08. The Morgan fingerprint density at radius 1 is 1.13 bits per heavy atom. The van der Waals surface area contributed by atoms with Crippen molar-refractivity contribution in [1.82, 2.24) is 4.98 Å². The molecule has 10 heteroatoms. The van der Waals surface area contributed by atoms with Crippen molar-refractivity contribution in [3.8, 4) is 5.75 Å². The number of pyridine rings is 1. The smallest absolute Gasteiger partial charge is 0.494 e. The molecule has 3 rings (SSSR count). The first-order valence-electron chi connectivity index (χ1n) is 9.81. The Balaban J connectivity index is 1.85. The zero-order valence-electron chi connectivity index (χ0n) is 18.0. The normalized spacial score (nSPS) is 17.5. The van der Waals surface area contributed by atoms with Crippen molar-refractivity contribution in [1.29, 1.82) is 0 Å². The van der Waals surface area contributed by atoms with Gasteiger partial charge in [0.2, 0.25) is 0 Å². The summed E-state index contributed by atoms with van der Waals surface area (Å²) in [6.07, 6.45) is -3.54. The molecule has 1 N–H and O–H groups in total. The third kappa shape index (κ3) is 4.85. The summed E-state index contributed by atoms with van der Waals surface area (Å²) in [6, 6.07) is 6.31. The minimum Gasteiger partial charge on any atom is -0.494 e. The lowest BCUT2D eigenvalue weighted by Gasteiger charge is -2.32. The van der Waals surface area contributed by atoms with Gasteiger partial charge in [-0.1, -0.05) is 6.07 Å². The summed E-state index contributed by atoms with van der Waals surface area (Å²) in [5.74, 6) is -0.424. The number of rotatable bonds is 5. The molecule has 1 aliphatic heterocycles. The summed E-state index contributed by atoms with van der Waals surface area (Å²) in [5.41, 5.74) is -1.18. The van der Waals surface area contributed by atoms with Crippen LogP contribution < -0.4 is 15.5 Å². The zero-order chi connectivity index (χ0) is 23.0. The predicted molar refractivity (Wildman–Crippen MR) is 111 cm³/mol. The second-order valence-corrected chi connectivity index (χ2v) is 8.16. The van der Waals surface area contributed by atoms with Crippen molar-refractivity contribution in [2.45, 2.75) is 52.0 Å². The van der Waals surface area contributed by atoms with Crippen LogP contribution >= 0.6 is 0 Å². The van der Waals surface area contributed by atoms with Crippen molar-refractivity contribution >= 4 is 24.3 Å². The first-order chi connectivity index (χ1) is 14.3. The van der Waals surface area contributed by atoms with Crippen LogP contribution in [-0.2, 0) is 15.5 Å². The number of nitrogens with zero attached hydrogens (tertiary/aromatic N) is 1. The van der Waals surface area contributed by atoms with Crippen LogP contribution in [0.1, 0.15) is 50.5 Å². The molecule has 166 valence electrons. The van der Waals surface area contributed by atoms with E-state index in [9.17, 15) is 18.0 Å². The van der Waals surface area contributed by atoms with Gasteiger partial charge in [-0.05, 0) is 58.9 Å². The molecule has 2 aromatic rings. The maximum absolute atomic E-state index is 12.9. The summed E-state index contributed by atoms with van der Waals surface area (Å²) in [4.78, 5) is 16.4. The summed E-state index contributed by atoms with van der Waals surface area (Å²) < 4.78 is 56.5. The number of ether oxygens (including phenoxy) is 1. The third-order valence-electron chi connectivity index (χ3n) is 5.41. The van der Waals surface area contributed by atoms with E-state index in [-0.39, 0.29) is 11.4 Å². The standard InChI is InChI=1S/C21H24BF3N2O4/c1-6-29-16-11-13(7-8-15(16)22-30-19(2,3)20(4,5)31-22)18(28)27-17-12-14(9-10-26-17)21(23,24)25/h7-12H,6H2,1-5H3,(H,26,27,28). The van der Waals surface area contributed by atoms with Crippen molar-refractivity contribution in [2.75, 3.05) is 11.9 Å². The largest absolute Gasteiger partial charge is 0.498 e. The topological polar surface area (TPSA) is 69.7 Å². The fourth-order valence-electron chi connectivity index (χ4n) is 2.98. The van der Waals surface area contributed by atoms with E-state index < -0.39 is 36.0 Å². The van der Waals surface area contributed by atoms with E-state index in [1.54, 1.807) is 13.0 Å². The van der Waals surface area contributed by atoms with Crippen LogP contribution in [0.25, 0.3) is 0 Å². The molecule has 0 radical (unpaired) electrons. The fraction of sp³-hybridized carbons (Fsp3) is 0.429. The van der Waals surface area contributed by atoms with Gasteiger partial charge in [-0.15, -0.1) is 0 Å². The number of carbonyl (C=O) groups is 1. The van der Waals surface area contributed by atoms with Gasteiger partial charge in [-0.25, -0.2) is 4.98 Å². The van der Waals surface area contributed by atoms with Gasteiger partial charge in [0.05, 0.1) is 23.4 Å². The molecule has 0 unspecified atom stereocenters. The fourth-order valence-corrected chi connectivity index (χ4v) is 2.98. The molecule has 31 heavy (non-hydrogen) atoms. The second-order valence-electron chi connectivity index (χ2n) is 8.16. The predicted octanol–water partition coefficient (Wildman–Crippen LogP) is 4.05. The van der Waals surface area contributed by atoms with Gasteiger partial charge in [0.15, 0.2) is 0 Å². The quantitative estimate of drug-likeness (QED) is 0.717. The molecule has 0 spiro atoms. The van der Waals surface area contributed by atoms with Crippen LogP contribution in [-0.4, -0.2) is 35.8 Å². The number of nitrogens with one attached hydrogen (secondary N) is 1. The lowest BCUT2D eigenvalue weighted by Crippen LogP contribution is -2.41. The Bertz CT molecular complexity index is 963. The van der Waals surface area contributed by atoms with Crippen LogP contribution in [0.4, 0.5) is 19.0 Å². The maximum Gasteiger partial charge on any atom is 0.498 e. The van der Waals surface area contributed by atoms with Crippen LogP contribution in [0.15, 0.2) is 36.5 Å². The molecular weight excluding hydrogens is 412 g/mol. The van der Waals surface area contributed by atoms with E-state index in [1.165, 1.54) is 12.1 Å². The van der Waals surface area contributed by atoms with E-state index in [0.717, 1.165) is 18.3 Å². The van der Waals surface area contributed by atoms with E-state index in [0.29, 0.717) is 17.8 Å². The van der Waals surface area contributed by atoms with Crippen LogP contribution in [0, 0.1) is 0 Å². The number of anilines is 1. The number of amides is 1. The molecule has 0 saturated carbocycles. The number of hydrogen-bond acceptors (Lipinski definition) is 5. The number of halogens is 3. The first kappa shape index (κ1) is 23.1. The van der Waals surface area contributed by atoms with Crippen molar-refractivity contribution in [3.63, 3.8) is 0 Å². The van der Waals surface area contributed by atoms with Crippen LogP contribution in [0.3, 0.4) is 0 Å². The van der Waals surface area contributed by atoms with E-state index >= 15 is 0 Å². The minimum absolute atomic E-state index is 0.197. The van der Waals surface area contributed by atoms with Gasteiger partial charge in [0, 0.05) is 17.2 Å². The molecule has 0 bridgehead atoms. The Labute approximate surface area is 179 Å². The molecule has 6 nitrogen and oxygen atoms in total. The summed E-state index contributed by atoms with van der Waals surface area (Å²) in [5, 5.41) is 2.39. The minimum atomic E-state index is -4.53. The van der Waals surface area contributed by atoms with Crippen molar-refractivity contribution < 1.29 is 32.0 Å². The zero-order valence-corrected chi connectivity index (χ0v) is 18.0. The average molecular weight is 436 g/mol. The van der Waals surface area contributed by atoms with Crippen LogP contribution in [0.2, 0.25) is 0 Å². The molecule has 1 aromatic carbocycles. The maximum atomic E-state index is 12.9. The molecule has 1 saturated heterocycles. The highest BCUT2D eigenvalue weighted by molar-refractivity contribution is 6.63. The molecule has 1 fully saturated rings. The van der Waals surface area contributed by atoms with Crippen molar-refractivity contribution in [2.24, 2.45) is 0 Å².